The molecule has 2 atom stereocenters. The van der Waals surface area contributed by atoms with Crippen LogP contribution in [0, 0.1) is 23.1 Å². The molecule has 42 heavy (non-hydrogen) atoms. The number of piperidine rings is 1. The van der Waals surface area contributed by atoms with Crippen LogP contribution in [-0.2, 0) is 9.53 Å². The first-order valence-electron chi connectivity index (χ1n) is 13.9. The highest BCUT2D eigenvalue weighted by molar-refractivity contribution is 5.99. The van der Waals surface area contributed by atoms with Gasteiger partial charge in [0.2, 0.25) is 0 Å². The molecule has 1 fully saturated rings. The van der Waals surface area contributed by atoms with E-state index in [1.54, 1.807) is 39.9 Å². The normalized spacial score (nSPS) is 16.3. The van der Waals surface area contributed by atoms with Crippen LogP contribution in [0.5, 0.6) is 11.5 Å². The Bertz CT molecular complexity index is 1650. The summed E-state index contributed by atoms with van der Waals surface area (Å²) in [6.07, 6.45) is 4.41. The van der Waals surface area contributed by atoms with Gasteiger partial charge in [-0.05, 0) is 49.9 Å². The van der Waals surface area contributed by atoms with Crippen LogP contribution in [0.15, 0.2) is 66.5 Å². The van der Waals surface area contributed by atoms with Crippen LogP contribution >= 0.6 is 0 Å². The van der Waals surface area contributed by atoms with Crippen LogP contribution in [0.3, 0.4) is 0 Å². The number of ether oxygens (including phenoxy) is 2. The zero-order chi connectivity index (χ0) is 29.6. The summed E-state index contributed by atoms with van der Waals surface area (Å²) in [6, 6.07) is 15.5. The number of para-hydroxylation sites is 1. The Labute approximate surface area is 243 Å². The fourth-order valence-electron chi connectivity index (χ4n) is 5.12. The smallest absolute Gasteiger partial charge is 0.264 e. The van der Waals surface area contributed by atoms with Crippen molar-refractivity contribution >= 4 is 22.8 Å². The number of rotatable bonds is 9. The summed E-state index contributed by atoms with van der Waals surface area (Å²) in [4.78, 5) is 23.5. The summed E-state index contributed by atoms with van der Waals surface area (Å²) >= 11 is 0. The third-order valence-corrected chi connectivity index (χ3v) is 7.11. The van der Waals surface area contributed by atoms with Crippen molar-refractivity contribution < 1.29 is 18.7 Å². The van der Waals surface area contributed by atoms with E-state index in [4.69, 9.17) is 20.3 Å². The fraction of sp³-hybridized carbons (Fsp3) is 0.323. The monoisotopic (exact) mass is 569 g/mol. The van der Waals surface area contributed by atoms with Gasteiger partial charge in [0.05, 0.1) is 18.0 Å². The van der Waals surface area contributed by atoms with Gasteiger partial charge in [-0.15, -0.1) is 0 Å². The molecule has 3 heterocycles. The van der Waals surface area contributed by atoms with Crippen molar-refractivity contribution in [3.8, 4) is 28.8 Å². The van der Waals surface area contributed by atoms with Crippen LogP contribution < -0.4 is 10.5 Å². The van der Waals surface area contributed by atoms with Gasteiger partial charge in [-0.1, -0.05) is 31.2 Å². The van der Waals surface area contributed by atoms with Crippen LogP contribution in [0.25, 0.3) is 22.3 Å². The van der Waals surface area contributed by atoms with Crippen molar-refractivity contribution in [3.05, 3.63) is 72.3 Å². The number of fused-ring (bicyclic) bond motifs is 1. The number of benzene rings is 2. The van der Waals surface area contributed by atoms with Crippen molar-refractivity contribution in [1.82, 2.24) is 24.6 Å². The molecule has 2 aromatic carbocycles. The number of nitrogen functional groups attached to an aromatic ring is 1. The number of carbonyl (C=O) groups is 1. The Morgan fingerprint density at radius 1 is 1.24 bits per heavy atom. The maximum Gasteiger partial charge on any atom is 0.264 e. The molecule has 0 radical (unpaired) electrons. The number of nitrogens with two attached hydrogens (primary N) is 1. The lowest BCUT2D eigenvalue weighted by Crippen LogP contribution is -2.41. The minimum Gasteiger partial charge on any atom is -0.457 e. The van der Waals surface area contributed by atoms with E-state index in [1.165, 1.54) is 12.4 Å². The zero-order valence-electron chi connectivity index (χ0n) is 23.5. The van der Waals surface area contributed by atoms with Gasteiger partial charge in [0.1, 0.15) is 46.8 Å². The fourth-order valence-corrected chi connectivity index (χ4v) is 5.12. The molecule has 5 rings (SSSR count). The van der Waals surface area contributed by atoms with Crippen LogP contribution in [0.4, 0.5) is 10.2 Å². The second-order valence-corrected chi connectivity index (χ2v) is 10.2. The quantitative estimate of drug-likeness (QED) is 0.212. The van der Waals surface area contributed by atoms with Crippen LogP contribution in [0.1, 0.15) is 32.7 Å². The number of amides is 1. The highest BCUT2D eigenvalue weighted by atomic mass is 19.1. The number of halogens is 1. The third kappa shape index (κ3) is 6.09. The Morgan fingerprint density at radius 2 is 2.05 bits per heavy atom. The van der Waals surface area contributed by atoms with Crippen LogP contribution in [0.2, 0.25) is 0 Å². The van der Waals surface area contributed by atoms with Gasteiger partial charge in [-0.2, -0.15) is 10.4 Å². The number of carbonyl (C=O) groups excluding carboxylic acids is 1. The molecule has 1 saturated heterocycles. The topological polar surface area (TPSA) is 132 Å². The second kappa shape index (κ2) is 12.8. The molecular formula is C31H32FN7O3. The van der Waals surface area contributed by atoms with E-state index in [1.807, 2.05) is 32.0 Å². The number of hydrogen-bond donors (Lipinski definition) is 1. The average Bonchev–Trinajstić information content (AvgIpc) is 3.40. The molecule has 1 amide bonds. The molecule has 0 aliphatic carbocycles. The Hall–Kier alpha value is -4.82. The molecule has 0 saturated carbocycles. The minimum atomic E-state index is -0.538. The number of anilines is 1. The Morgan fingerprint density at radius 3 is 2.79 bits per heavy atom. The molecule has 1 aliphatic rings. The molecule has 10 nitrogen and oxygen atoms in total. The van der Waals surface area contributed by atoms with Gasteiger partial charge in [-0.25, -0.2) is 19.0 Å². The molecule has 0 bridgehead atoms. The van der Waals surface area contributed by atoms with Gasteiger partial charge < -0.3 is 20.1 Å². The molecule has 4 aromatic rings. The van der Waals surface area contributed by atoms with E-state index in [9.17, 15) is 10.1 Å². The van der Waals surface area contributed by atoms with E-state index in [0.29, 0.717) is 67.4 Å². The maximum absolute atomic E-state index is 15.5. The highest BCUT2D eigenvalue weighted by Crippen LogP contribution is 2.36. The molecule has 216 valence electrons. The lowest BCUT2D eigenvalue weighted by atomic mass is 10.0. The van der Waals surface area contributed by atoms with E-state index in [0.717, 1.165) is 0 Å². The molecular weight excluding hydrogens is 537 g/mol. The first kappa shape index (κ1) is 28.7. The number of nitrogens with zero attached hydrogens (tertiary/aromatic N) is 6. The highest BCUT2D eigenvalue weighted by Gasteiger charge is 2.30. The van der Waals surface area contributed by atoms with Gasteiger partial charge in [0, 0.05) is 31.3 Å². The summed E-state index contributed by atoms with van der Waals surface area (Å²) in [5, 5.41) is 14.9. The second-order valence-electron chi connectivity index (χ2n) is 10.2. The van der Waals surface area contributed by atoms with Crippen molar-refractivity contribution in [1.29, 1.82) is 5.26 Å². The number of hydrogen-bond acceptors (Lipinski definition) is 8. The molecule has 0 spiro atoms. The maximum atomic E-state index is 15.5. The SMILES string of the molecule is CCOC[C@H](C)/C=C(/C#N)C(=O)N1CCCC(n2nc(-c3ccc(Oc4ccccc4)cc3F)c3c(N)ncnc32)C1. The molecule has 2 N–H and O–H groups in total. The first-order valence-corrected chi connectivity index (χ1v) is 13.9. The first-order chi connectivity index (χ1) is 20.4. The standard InChI is InChI=1S/C31H32FN7O3/c1-3-41-18-20(2)14-21(16-33)31(40)38-13-7-8-22(17-38)39-30-27(29(34)35-19-36-30)28(37-39)25-12-11-24(15-26(25)32)42-23-9-5-4-6-10-23/h4-6,9-12,14-15,19-20,22H,3,7-8,13,17-18H2,1-2H3,(H2,34,35,36)/b21-14-/t20-,22?/m1/s1. The number of likely N-dealkylation sites (tertiary alicyclic amines) is 1. The Balaban J connectivity index is 1.44. The summed E-state index contributed by atoms with van der Waals surface area (Å²) in [5.74, 6) is 0.146. The van der Waals surface area contributed by atoms with Gasteiger partial charge in [0.15, 0.2) is 5.65 Å². The van der Waals surface area contributed by atoms with Crippen molar-refractivity contribution in [2.75, 3.05) is 32.0 Å². The van der Waals surface area contributed by atoms with Gasteiger partial charge in [0.25, 0.3) is 5.91 Å². The van der Waals surface area contributed by atoms with Crippen LogP contribution in [-0.4, -0.2) is 56.9 Å². The minimum absolute atomic E-state index is 0.0826. The summed E-state index contributed by atoms with van der Waals surface area (Å²) in [5.41, 5.74) is 7.32. The predicted molar refractivity (Wildman–Crippen MR) is 156 cm³/mol. The lowest BCUT2D eigenvalue weighted by Gasteiger charge is -2.33. The molecule has 1 aliphatic heterocycles. The van der Waals surface area contributed by atoms with Gasteiger partial charge in [-0.3, -0.25) is 4.79 Å². The summed E-state index contributed by atoms with van der Waals surface area (Å²) < 4.78 is 28.4. The van der Waals surface area contributed by atoms with Crippen molar-refractivity contribution in [2.45, 2.75) is 32.7 Å². The van der Waals surface area contributed by atoms with E-state index >= 15 is 4.39 Å². The molecule has 1 unspecified atom stereocenters. The Kier molecular flexibility index (Phi) is 8.74. The molecule has 2 aromatic heterocycles. The number of nitriles is 1. The van der Waals surface area contributed by atoms with Crippen molar-refractivity contribution in [2.24, 2.45) is 5.92 Å². The summed E-state index contributed by atoms with van der Waals surface area (Å²) in [6.45, 7) is 5.61. The third-order valence-electron chi connectivity index (χ3n) is 7.11. The zero-order valence-corrected chi connectivity index (χ0v) is 23.5. The lowest BCUT2D eigenvalue weighted by molar-refractivity contribution is -0.128. The number of aromatic nitrogens is 4. The summed E-state index contributed by atoms with van der Waals surface area (Å²) in [7, 11) is 0. The largest absolute Gasteiger partial charge is 0.457 e. The van der Waals surface area contributed by atoms with E-state index < -0.39 is 5.82 Å². The van der Waals surface area contributed by atoms with Crippen molar-refractivity contribution in [3.63, 3.8) is 0 Å². The van der Waals surface area contributed by atoms with Gasteiger partial charge >= 0.3 is 0 Å². The molecule has 11 heteroatoms. The van der Waals surface area contributed by atoms with E-state index in [2.05, 4.69) is 16.0 Å². The predicted octanol–water partition coefficient (Wildman–Crippen LogP) is 5.29. The van der Waals surface area contributed by atoms with E-state index in [-0.39, 0.29) is 34.8 Å². The average molecular weight is 570 g/mol.